The molecule has 0 aliphatic heterocycles. The average Bonchev–Trinajstić information content (AvgIpc) is 2.70. The van der Waals surface area contributed by atoms with Gasteiger partial charge in [0, 0.05) is 12.3 Å². The van der Waals surface area contributed by atoms with E-state index in [1.807, 2.05) is 12.1 Å². The lowest BCUT2D eigenvalue weighted by molar-refractivity contribution is -0.141. The first-order chi connectivity index (χ1) is 13.0. The van der Waals surface area contributed by atoms with Crippen LogP contribution in [-0.2, 0) is 22.0 Å². The lowest BCUT2D eigenvalue weighted by Gasteiger charge is -2.16. The third-order valence-corrected chi connectivity index (χ3v) is 5.53. The summed E-state index contributed by atoms with van der Waals surface area (Å²) < 4.78 is 17.4. The molecule has 0 saturated heterocycles. The van der Waals surface area contributed by atoms with Crippen LogP contribution >= 0.6 is 0 Å². The van der Waals surface area contributed by atoms with Gasteiger partial charge >= 0.3 is 5.97 Å². The van der Waals surface area contributed by atoms with Crippen molar-refractivity contribution in [1.82, 2.24) is 5.32 Å². The third-order valence-electron chi connectivity index (χ3n) is 4.16. The van der Waals surface area contributed by atoms with E-state index in [4.69, 9.17) is 4.74 Å². The molecule has 6 nitrogen and oxygen atoms in total. The fourth-order valence-corrected chi connectivity index (χ4v) is 3.65. The highest BCUT2D eigenvalue weighted by molar-refractivity contribution is 7.85. The third kappa shape index (κ3) is 5.40. The number of amides is 1. The molecule has 0 radical (unpaired) electrons. The second-order valence-corrected chi connectivity index (χ2v) is 7.60. The van der Waals surface area contributed by atoms with Crippen LogP contribution in [0.1, 0.15) is 22.8 Å². The topological polar surface area (TPSA) is 92.7 Å². The summed E-state index contributed by atoms with van der Waals surface area (Å²) in [5.41, 5.74) is 1.06. The Hall–Kier alpha value is -2.67. The second kappa shape index (κ2) is 9.87. The summed E-state index contributed by atoms with van der Waals surface area (Å²) in [4.78, 5) is 24.6. The molecular formula is C20H23NO5S. The van der Waals surface area contributed by atoms with E-state index in [2.05, 4.69) is 5.32 Å². The van der Waals surface area contributed by atoms with E-state index >= 15 is 0 Å². The summed E-state index contributed by atoms with van der Waals surface area (Å²) in [5, 5.41) is 12.2. The number of aliphatic carboxylic acids is 1. The number of nitrogens with one attached hydrogen (secondary N) is 1. The number of carboxylic acids is 1. The number of benzene rings is 2. The van der Waals surface area contributed by atoms with Crippen LogP contribution < -0.4 is 10.1 Å². The minimum atomic E-state index is -1.28. The number of carboxylic acid groups (broad SMARTS) is 1. The van der Waals surface area contributed by atoms with Gasteiger partial charge in [-0.15, -0.1) is 0 Å². The maximum atomic E-state index is 12.5. The van der Waals surface area contributed by atoms with Crippen molar-refractivity contribution in [2.24, 2.45) is 5.92 Å². The number of carbonyl (C=O) groups is 2. The van der Waals surface area contributed by atoms with Crippen LogP contribution in [0.25, 0.3) is 0 Å². The molecule has 0 aliphatic carbocycles. The zero-order valence-electron chi connectivity index (χ0n) is 15.3. The van der Waals surface area contributed by atoms with Gasteiger partial charge in [-0.2, -0.15) is 0 Å². The Morgan fingerprint density at radius 1 is 1.15 bits per heavy atom. The predicted octanol–water partition coefficient (Wildman–Crippen LogP) is 2.50. The second-order valence-electron chi connectivity index (χ2n) is 5.89. The zero-order chi connectivity index (χ0) is 19.8. The molecule has 0 saturated carbocycles. The molecule has 2 atom stereocenters. The molecule has 2 rings (SSSR count). The molecule has 0 aliphatic rings. The maximum absolute atomic E-state index is 12.5. The highest BCUT2D eigenvalue weighted by Gasteiger charge is 2.22. The van der Waals surface area contributed by atoms with Gasteiger partial charge in [0.2, 0.25) is 0 Å². The van der Waals surface area contributed by atoms with Gasteiger partial charge in [-0.25, -0.2) is 0 Å². The smallest absolute Gasteiger partial charge is 0.308 e. The molecule has 1 amide bonds. The van der Waals surface area contributed by atoms with E-state index < -0.39 is 28.6 Å². The van der Waals surface area contributed by atoms with Gasteiger partial charge in [0.1, 0.15) is 5.75 Å². The molecular weight excluding hydrogens is 366 g/mol. The standard InChI is InChI=1S/C20H23NO5S/c1-3-27(25)18-11-7-5-9-16(18)19(22)21-13-15(20(23)24)12-14-8-4-6-10-17(14)26-2/h4-11,15H,3,12-13H2,1-2H3,(H,21,22)(H,23,24). The van der Waals surface area contributed by atoms with E-state index in [0.717, 1.165) is 5.56 Å². The Morgan fingerprint density at radius 2 is 1.81 bits per heavy atom. The van der Waals surface area contributed by atoms with Crippen molar-refractivity contribution in [1.29, 1.82) is 0 Å². The first-order valence-corrected chi connectivity index (χ1v) is 9.90. The minimum Gasteiger partial charge on any atom is -0.496 e. The first-order valence-electron chi connectivity index (χ1n) is 8.58. The quantitative estimate of drug-likeness (QED) is 0.687. The molecule has 144 valence electrons. The normalized spacial score (nSPS) is 12.8. The fraction of sp³-hybridized carbons (Fsp3) is 0.300. The van der Waals surface area contributed by atoms with Crippen molar-refractivity contribution in [2.45, 2.75) is 18.2 Å². The number of methoxy groups -OCH3 is 1. The zero-order valence-corrected chi connectivity index (χ0v) is 16.1. The van der Waals surface area contributed by atoms with Gasteiger partial charge in [-0.05, 0) is 30.2 Å². The maximum Gasteiger partial charge on any atom is 0.308 e. The van der Waals surface area contributed by atoms with Crippen LogP contribution in [0.5, 0.6) is 5.75 Å². The molecule has 0 heterocycles. The van der Waals surface area contributed by atoms with Gasteiger partial charge in [-0.1, -0.05) is 37.3 Å². The van der Waals surface area contributed by atoms with E-state index in [1.54, 1.807) is 43.3 Å². The van der Waals surface area contributed by atoms with Crippen molar-refractivity contribution in [3.63, 3.8) is 0 Å². The lowest BCUT2D eigenvalue weighted by atomic mass is 9.98. The highest BCUT2D eigenvalue weighted by atomic mass is 32.2. The predicted molar refractivity (Wildman–Crippen MR) is 104 cm³/mol. The van der Waals surface area contributed by atoms with Crippen LogP contribution in [0.3, 0.4) is 0 Å². The molecule has 2 aromatic rings. The van der Waals surface area contributed by atoms with Gasteiger partial charge in [0.05, 0.1) is 34.3 Å². The van der Waals surface area contributed by atoms with Crippen LogP contribution in [-0.4, -0.2) is 40.6 Å². The summed E-state index contributed by atoms with van der Waals surface area (Å²) in [5.74, 6) is -1.24. The van der Waals surface area contributed by atoms with Crippen LogP contribution in [0.2, 0.25) is 0 Å². The molecule has 0 fully saturated rings. The monoisotopic (exact) mass is 389 g/mol. The van der Waals surface area contributed by atoms with Crippen LogP contribution in [0, 0.1) is 5.92 Å². The number of rotatable bonds is 9. The number of carbonyl (C=O) groups excluding carboxylic acids is 1. The summed E-state index contributed by atoms with van der Waals surface area (Å²) in [6, 6.07) is 13.8. The van der Waals surface area contributed by atoms with Crippen LogP contribution in [0.4, 0.5) is 0 Å². The average molecular weight is 389 g/mol. The summed E-state index contributed by atoms with van der Waals surface area (Å²) in [6.45, 7) is 1.73. The Labute approximate surface area is 161 Å². The Balaban J connectivity index is 2.12. The Bertz CT molecular complexity index is 837. The van der Waals surface area contributed by atoms with E-state index in [9.17, 15) is 18.9 Å². The molecule has 2 unspecified atom stereocenters. The number of hydrogen-bond donors (Lipinski definition) is 2. The van der Waals surface area contributed by atoms with E-state index in [1.165, 1.54) is 7.11 Å². The summed E-state index contributed by atoms with van der Waals surface area (Å²) in [6.07, 6.45) is 0.224. The lowest BCUT2D eigenvalue weighted by Crippen LogP contribution is -2.34. The van der Waals surface area contributed by atoms with Gasteiger partial charge in [0.15, 0.2) is 0 Å². The van der Waals surface area contributed by atoms with Crippen LogP contribution in [0.15, 0.2) is 53.4 Å². The molecule has 0 spiro atoms. The van der Waals surface area contributed by atoms with Crippen molar-refractivity contribution in [2.75, 3.05) is 19.4 Å². The SMILES string of the molecule is CCS(=O)c1ccccc1C(=O)NCC(Cc1ccccc1OC)C(=O)O. The molecule has 7 heteroatoms. The Morgan fingerprint density at radius 3 is 2.48 bits per heavy atom. The Kier molecular flexibility index (Phi) is 7.55. The summed E-state index contributed by atoms with van der Waals surface area (Å²) >= 11 is 0. The molecule has 0 bridgehead atoms. The minimum absolute atomic E-state index is 0.0424. The van der Waals surface area contributed by atoms with Gasteiger partial charge in [-0.3, -0.25) is 13.8 Å². The molecule has 0 aromatic heterocycles. The van der Waals surface area contributed by atoms with Crippen molar-refractivity contribution in [3.05, 3.63) is 59.7 Å². The van der Waals surface area contributed by atoms with E-state index in [0.29, 0.717) is 22.0 Å². The van der Waals surface area contributed by atoms with Crippen molar-refractivity contribution >= 4 is 22.7 Å². The molecule has 27 heavy (non-hydrogen) atoms. The largest absolute Gasteiger partial charge is 0.496 e. The molecule has 2 aromatic carbocycles. The van der Waals surface area contributed by atoms with E-state index in [-0.39, 0.29) is 13.0 Å². The van der Waals surface area contributed by atoms with Gasteiger partial charge in [0.25, 0.3) is 5.91 Å². The number of para-hydroxylation sites is 1. The highest BCUT2D eigenvalue weighted by Crippen LogP contribution is 2.21. The number of hydrogen-bond acceptors (Lipinski definition) is 4. The fourth-order valence-electron chi connectivity index (χ4n) is 2.70. The van der Waals surface area contributed by atoms with Crippen molar-refractivity contribution in [3.8, 4) is 5.75 Å². The first kappa shape index (κ1) is 20.6. The van der Waals surface area contributed by atoms with Gasteiger partial charge < -0.3 is 15.2 Å². The summed E-state index contributed by atoms with van der Waals surface area (Å²) in [7, 11) is 0.254. The number of ether oxygens (including phenoxy) is 1. The molecule has 2 N–H and O–H groups in total. The van der Waals surface area contributed by atoms with Crippen molar-refractivity contribution < 1.29 is 23.6 Å².